The third-order valence-corrected chi connectivity index (χ3v) is 5.16. The Morgan fingerprint density at radius 1 is 1.35 bits per heavy atom. The van der Waals surface area contributed by atoms with Gasteiger partial charge in [-0.05, 0) is 18.6 Å². The van der Waals surface area contributed by atoms with E-state index in [-0.39, 0.29) is 17.9 Å². The number of carbonyl (C=O) groups excluding carboxylic acids is 1. The summed E-state index contributed by atoms with van der Waals surface area (Å²) < 4.78 is 5.58. The molecule has 3 heterocycles. The fraction of sp³-hybridized carbons (Fsp3) is 0.471. The lowest BCUT2D eigenvalue weighted by Gasteiger charge is -2.27. The Morgan fingerprint density at radius 3 is 3.04 bits per heavy atom. The van der Waals surface area contributed by atoms with E-state index in [1.807, 2.05) is 12.1 Å². The van der Waals surface area contributed by atoms with Gasteiger partial charge in [0.15, 0.2) is 0 Å². The smallest absolute Gasteiger partial charge is 0.227 e. The van der Waals surface area contributed by atoms with E-state index in [9.17, 15) is 4.79 Å². The van der Waals surface area contributed by atoms with Gasteiger partial charge < -0.3 is 15.0 Å². The molecule has 2 bridgehead atoms. The molecule has 1 aromatic carbocycles. The normalized spacial score (nSPS) is 25.4. The first kappa shape index (κ1) is 15.0. The Hall–Kier alpha value is -1.56. The zero-order valence-electron chi connectivity index (χ0n) is 13.1. The van der Waals surface area contributed by atoms with E-state index in [0.717, 1.165) is 30.2 Å². The minimum atomic E-state index is -0.0872. The van der Waals surface area contributed by atoms with Crippen LogP contribution in [0.1, 0.15) is 11.3 Å². The summed E-state index contributed by atoms with van der Waals surface area (Å²) in [5.74, 6) is 0.0298. The Labute approximate surface area is 139 Å². The lowest BCUT2D eigenvalue weighted by Crippen LogP contribution is -2.41. The second-order valence-electron chi connectivity index (χ2n) is 6.52. The molecule has 2 aliphatic rings. The van der Waals surface area contributed by atoms with Crippen molar-refractivity contribution in [1.29, 1.82) is 0 Å². The van der Waals surface area contributed by atoms with Crippen LogP contribution in [-0.2, 0) is 16.1 Å². The fourth-order valence-electron chi connectivity index (χ4n) is 3.60. The second kappa shape index (κ2) is 5.82. The van der Waals surface area contributed by atoms with E-state index in [4.69, 9.17) is 16.3 Å². The van der Waals surface area contributed by atoms with Crippen molar-refractivity contribution in [3.63, 3.8) is 0 Å². The van der Waals surface area contributed by atoms with Gasteiger partial charge in [-0.3, -0.25) is 9.69 Å². The van der Waals surface area contributed by atoms with Crippen molar-refractivity contribution in [2.24, 2.45) is 5.92 Å². The van der Waals surface area contributed by atoms with Crippen molar-refractivity contribution < 1.29 is 9.53 Å². The topological polar surface area (TPSA) is 57.4 Å². The summed E-state index contributed by atoms with van der Waals surface area (Å²) >= 11 is 6.29. The molecular formula is C17H20ClN3O2. The van der Waals surface area contributed by atoms with Crippen LogP contribution in [0.2, 0.25) is 5.02 Å². The molecule has 2 aromatic rings. The molecule has 1 amide bonds. The molecule has 0 spiro atoms. The number of aromatic amines is 1. The van der Waals surface area contributed by atoms with Crippen molar-refractivity contribution in [1.82, 2.24) is 15.2 Å². The molecule has 122 valence electrons. The first-order valence-electron chi connectivity index (χ1n) is 7.98. The minimum absolute atomic E-state index is 0.0725. The van der Waals surface area contributed by atoms with Crippen LogP contribution in [0.15, 0.2) is 18.2 Å². The number of aromatic nitrogens is 1. The van der Waals surface area contributed by atoms with Crippen LogP contribution in [0.5, 0.6) is 0 Å². The van der Waals surface area contributed by atoms with Crippen LogP contribution in [0.25, 0.3) is 10.9 Å². The third kappa shape index (κ3) is 2.73. The van der Waals surface area contributed by atoms with Crippen LogP contribution in [0.4, 0.5) is 0 Å². The van der Waals surface area contributed by atoms with Crippen LogP contribution < -0.4 is 5.32 Å². The van der Waals surface area contributed by atoms with Crippen LogP contribution in [0, 0.1) is 12.8 Å². The first-order valence-corrected chi connectivity index (χ1v) is 8.36. The number of rotatable bonds is 2. The Balaban J connectivity index is 1.62. The number of H-pyrrole nitrogens is 1. The van der Waals surface area contributed by atoms with Gasteiger partial charge in [0.25, 0.3) is 0 Å². The van der Waals surface area contributed by atoms with Crippen LogP contribution in [-0.4, -0.2) is 48.1 Å². The van der Waals surface area contributed by atoms with Crippen molar-refractivity contribution in [3.8, 4) is 0 Å². The lowest BCUT2D eigenvalue weighted by molar-refractivity contribution is -0.125. The van der Waals surface area contributed by atoms with Crippen molar-refractivity contribution in [3.05, 3.63) is 34.5 Å². The third-order valence-electron chi connectivity index (χ3n) is 4.84. The number of para-hydroxylation sites is 1. The summed E-state index contributed by atoms with van der Waals surface area (Å²) in [5.41, 5.74) is 3.39. The summed E-state index contributed by atoms with van der Waals surface area (Å²) in [6.45, 7) is 5.55. The standard InChI is InChI=1S/C17H20ClN3O2/c1-10-13-3-2-4-14(18)16(13)20-15(10)7-21-5-11-8-23-9-12(6-21)19-17(11)22/h2-4,11-12,20H,5-9H2,1H3,(H,19,22)/t11-,12+/m1/s1. The number of ether oxygens (including phenoxy) is 1. The summed E-state index contributed by atoms with van der Waals surface area (Å²) in [5, 5.41) is 4.98. The van der Waals surface area contributed by atoms with Crippen LogP contribution >= 0.6 is 11.6 Å². The predicted molar refractivity (Wildman–Crippen MR) is 89.6 cm³/mol. The van der Waals surface area contributed by atoms with Gasteiger partial charge in [0.1, 0.15) is 0 Å². The van der Waals surface area contributed by atoms with E-state index in [1.165, 1.54) is 16.6 Å². The molecule has 4 rings (SSSR count). The van der Waals surface area contributed by atoms with Gasteiger partial charge in [-0.1, -0.05) is 23.7 Å². The molecule has 2 aliphatic heterocycles. The van der Waals surface area contributed by atoms with Crippen LogP contribution in [0.3, 0.4) is 0 Å². The number of nitrogens with one attached hydrogen (secondary N) is 2. The largest absolute Gasteiger partial charge is 0.378 e. The zero-order chi connectivity index (χ0) is 16.0. The highest BCUT2D eigenvalue weighted by atomic mass is 35.5. The molecule has 0 aliphatic carbocycles. The van der Waals surface area contributed by atoms with E-state index in [0.29, 0.717) is 13.2 Å². The highest BCUT2D eigenvalue weighted by Gasteiger charge is 2.33. The summed E-state index contributed by atoms with van der Waals surface area (Å²) in [4.78, 5) is 17.9. The van der Waals surface area contributed by atoms with Gasteiger partial charge in [-0.2, -0.15) is 0 Å². The number of benzene rings is 1. The number of fused-ring (bicyclic) bond motifs is 4. The zero-order valence-corrected chi connectivity index (χ0v) is 13.8. The summed E-state index contributed by atoms with van der Waals surface area (Å²) in [7, 11) is 0. The van der Waals surface area contributed by atoms with Crippen molar-refractivity contribution in [2.75, 3.05) is 26.3 Å². The monoisotopic (exact) mass is 333 g/mol. The molecule has 0 saturated carbocycles. The molecule has 2 N–H and O–H groups in total. The van der Waals surface area contributed by atoms with Crippen molar-refractivity contribution in [2.45, 2.75) is 19.5 Å². The quantitative estimate of drug-likeness (QED) is 0.884. The molecule has 2 saturated heterocycles. The molecule has 5 nitrogen and oxygen atoms in total. The molecule has 0 radical (unpaired) electrons. The molecule has 6 heteroatoms. The fourth-order valence-corrected chi connectivity index (χ4v) is 3.82. The van der Waals surface area contributed by atoms with Gasteiger partial charge in [0.2, 0.25) is 5.91 Å². The molecule has 2 atom stereocenters. The predicted octanol–water partition coefficient (Wildman–Crippen LogP) is 2.08. The summed E-state index contributed by atoms with van der Waals surface area (Å²) in [6.07, 6.45) is 0. The average Bonchev–Trinajstić information content (AvgIpc) is 2.63. The van der Waals surface area contributed by atoms with E-state index < -0.39 is 0 Å². The SMILES string of the molecule is Cc1c(CN2C[C@H]3COC[C@@H](C2)C(=O)N3)[nH]c2c(Cl)cccc12. The number of nitrogens with zero attached hydrogens (tertiary/aromatic N) is 1. The average molecular weight is 334 g/mol. The van der Waals surface area contributed by atoms with E-state index in [2.05, 4.69) is 28.2 Å². The number of carbonyl (C=O) groups is 1. The summed E-state index contributed by atoms with van der Waals surface area (Å²) in [6, 6.07) is 6.04. The van der Waals surface area contributed by atoms with Gasteiger partial charge in [-0.25, -0.2) is 0 Å². The first-order chi connectivity index (χ1) is 11.1. The highest BCUT2D eigenvalue weighted by Crippen LogP contribution is 2.28. The number of amides is 1. The minimum Gasteiger partial charge on any atom is -0.378 e. The Morgan fingerprint density at radius 2 is 2.22 bits per heavy atom. The molecule has 1 aromatic heterocycles. The maximum absolute atomic E-state index is 12.1. The lowest BCUT2D eigenvalue weighted by atomic mass is 10.1. The highest BCUT2D eigenvalue weighted by molar-refractivity contribution is 6.35. The maximum Gasteiger partial charge on any atom is 0.227 e. The number of hydrogen-bond acceptors (Lipinski definition) is 3. The van der Waals surface area contributed by atoms with Gasteiger partial charge >= 0.3 is 0 Å². The van der Waals surface area contributed by atoms with Crippen molar-refractivity contribution >= 4 is 28.4 Å². The maximum atomic E-state index is 12.1. The Kier molecular flexibility index (Phi) is 3.79. The van der Waals surface area contributed by atoms with Gasteiger partial charge in [-0.15, -0.1) is 0 Å². The van der Waals surface area contributed by atoms with E-state index >= 15 is 0 Å². The van der Waals surface area contributed by atoms with Gasteiger partial charge in [0.05, 0.1) is 35.7 Å². The molecule has 23 heavy (non-hydrogen) atoms. The Bertz CT molecular complexity index is 758. The van der Waals surface area contributed by atoms with Gasteiger partial charge in [0, 0.05) is 30.7 Å². The number of hydrogen-bond donors (Lipinski definition) is 2. The molecule has 0 unspecified atom stereocenters. The number of halogens is 1. The molecular weight excluding hydrogens is 314 g/mol. The van der Waals surface area contributed by atoms with E-state index in [1.54, 1.807) is 0 Å². The molecule has 2 fully saturated rings. The number of aryl methyl sites for hydroxylation is 1. The second-order valence-corrected chi connectivity index (χ2v) is 6.93.